The maximum Gasteiger partial charge on any atom is 0.244 e. The second kappa shape index (κ2) is 11.9. The smallest absolute Gasteiger partial charge is 0.244 e. The van der Waals surface area contributed by atoms with Crippen molar-refractivity contribution in [2.75, 3.05) is 19.7 Å². The molecule has 0 spiro atoms. The normalized spacial score (nSPS) is 16.6. The maximum absolute atomic E-state index is 12.4. The van der Waals surface area contributed by atoms with E-state index in [1.807, 2.05) is 42.6 Å². The zero-order valence-electron chi connectivity index (χ0n) is 19.7. The molecule has 0 saturated carbocycles. The quantitative estimate of drug-likeness (QED) is 0.457. The first-order chi connectivity index (χ1) is 16.5. The van der Waals surface area contributed by atoms with Crippen molar-refractivity contribution >= 4 is 23.3 Å². The van der Waals surface area contributed by atoms with Gasteiger partial charge in [0.25, 0.3) is 0 Å². The summed E-state index contributed by atoms with van der Waals surface area (Å²) in [7, 11) is 0. The van der Waals surface area contributed by atoms with E-state index in [-0.39, 0.29) is 12.0 Å². The molecule has 2 aromatic carbocycles. The Bertz CT molecular complexity index is 1130. The molecule has 6 nitrogen and oxygen atoms in total. The molecule has 4 rings (SSSR count). The molecule has 1 saturated heterocycles. The number of carbonyl (C=O) groups excluding carboxylic acids is 1. The Morgan fingerprint density at radius 3 is 2.94 bits per heavy atom. The highest BCUT2D eigenvalue weighted by molar-refractivity contribution is 7.09. The fraction of sp³-hybridized carbons (Fsp3) is 0.333. The number of thiazole rings is 1. The van der Waals surface area contributed by atoms with Crippen LogP contribution in [0.3, 0.4) is 0 Å². The predicted octanol–water partition coefficient (Wildman–Crippen LogP) is 4.58. The Hall–Kier alpha value is -3.00. The molecule has 0 aliphatic carbocycles. The van der Waals surface area contributed by atoms with E-state index in [9.17, 15) is 4.79 Å². The van der Waals surface area contributed by atoms with E-state index in [0.29, 0.717) is 13.2 Å². The summed E-state index contributed by atoms with van der Waals surface area (Å²) >= 11 is 1.61. The van der Waals surface area contributed by atoms with Gasteiger partial charge in [0.15, 0.2) is 0 Å². The average molecular weight is 478 g/mol. The minimum atomic E-state index is -0.128. The monoisotopic (exact) mass is 477 g/mol. The number of rotatable bonds is 9. The Labute approximate surface area is 205 Å². The van der Waals surface area contributed by atoms with Gasteiger partial charge in [-0.2, -0.15) is 0 Å². The number of aromatic nitrogens is 1. The van der Waals surface area contributed by atoms with Crippen LogP contribution in [0.4, 0.5) is 0 Å². The highest BCUT2D eigenvalue weighted by Crippen LogP contribution is 2.17. The first-order valence-electron chi connectivity index (χ1n) is 11.5. The summed E-state index contributed by atoms with van der Waals surface area (Å²) in [6.07, 6.45) is 3.63. The number of aryl methyl sites for hydroxylation is 1. The van der Waals surface area contributed by atoms with Gasteiger partial charge in [-0.1, -0.05) is 36.4 Å². The third kappa shape index (κ3) is 7.52. The van der Waals surface area contributed by atoms with E-state index in [2.05, 4.69) is 40.3 Å². The molecular weight excluding hydrogens is 446 g/mol. The van der Waals surface area contributed by atoms with Crippen LogP contribution in [0.5, 0.6) is 5.75 Å². The molecule has 1 aromatic heterocycles. The van der Waals surface area contributed by atoms with Gasteiger partial charge in [0.2, 0.25) is 5.91 Å². The second-order valence-electron chi connectivity index (χ2n) is 8.51. The summed E-state index contributed by atoms with van der Waals surface area (Å²) in [5.74, 6) is 0.622. The van der Waals surface area contributed by atoms with Crippen LogP contribution in [-0.2, 0) is 29.2 Å². The van der Waals surface area contributed by atoms with Gasteiger partial charge in [-0.3, -0.25) is 9.69 Å². The van der Waals surface area contributed by atoms with Gasteiger partial charge in [0.1, 0.15) is 12.4 Å². The fourth-order valence-corrected chi connectivity index (χ4v) is 4.49. The lowest BCUT2D eigenvalue weighted by molar-refractivity contribution is -0.116. The van der Waals surface area contributed by atoms with E-state index >= 15 is 0 Å². The highest BCUT2D eigenvalue weighted by atomic mass is 32.1. The van der Waals surface area contributed by atoms with Gasteiger partial charge in [0.05, 0.1) is 23.4 Å². The van der Waals surface area contributed by atoms with E-state index < -0.39 is 0 Å². The van der Waals surface area contributed by atoms with Crippen LogP contribution >= 0.6 is 11.3 Å². The number of ether oxygens (including phenoxy) is 2. The molecule has 34 heavy (non-hydrogen) atoms. The lowest BCUT2D eigenvalue weighted by Crippen LogP contribution is -2.40. The van der Waals surface area contributed by atoms with Crippen LogP contribution < -0.4 is 10.1 Å². The molecule has 178 valence electrons. The number of morpholine rings is 1. The Kier molecular flexibility index (Phi) is 8.46. The maximum atomic E-state index is 12.4. The zero-order chi connectivity index (χ0) is 23.8. The standard InChI is InChI=1S/C27H31N3O3S/c1-20-16-30(11-12-32-20)17-24-7-3-6-23(13-24)15-28-27(31)10-9-22-5-4-8-26(14-22)33-18-25-19-34-21(2)29-25/h3-10,13-14,19-20H,11-12,15-18H2,1-2H3,(H,28,31)/b10-9+. The van der Waals surface area contributed by atoms with Crippen molar-refractivity contribution in [3.8, 4) is 5.75 Å². The predicted molar refractivity (Wildman–Crippen MR) is 136 cm³/mol. The molecule has 1 N–H and O–H groups in total. The van der Waals surface area contributed by atoms with Gasteiger partial charge in [-0.15, -0.1) is 11.3 Å². The minimum Gasteiger partial charge on any atom is -0.487 e. The number of nitrogens with one attached hydrogen (secondary N) is 1. The Morgan fingerprint density at radius 2 is 2.12 bits per heavy atom. The SMILES string of the molecule is Cc1nc(COc2cccc(/C=C/C(=O)NCc3cccc(CN4CCOC(C)C4)c3)c2)cs1. The molecule has 1 aliphatic heterocycles. The summed E-state index contributed by atoms with van der Waals surface area (Å²) in [4.78, 5) is 19.2. The molecule has 1 fully saturated rings. The largest absolute Gasteiger partial charge is 0.487 e. The molecule has 1 amide bonds. The summed E-state index contributed by atoms with van der Waals surface area (Å²) in [5.41, 5.74) is 4.17. The van der Waals surface area contributed by atoms with Crippen LogP contribution in [0.15, 0.2) is 60.0 Å². The molecule has 2 heterocycles. The van der Waals surface area contributed by atoms with Crippen molar-refractivity contribution in [2.24, 2.45) is 0 Å². The van der Waals surface area contributed by atoms with Crippen molar-refractivity contribution in [1.82, 2.24) is 15.2 Å². The Balaban J connectivity index is 1.25. The molecule has 0 radical (unpaired) electrons. The van der Waals surface area contributed by atoms with E-state index in [0.717, 1.165) is 53.8 Å². The topological polar surface area (TPSA) is 63.7 Å². The van der Waals surface area contributed by atoms with Crippen molar-refractivity contribution in [3.63, 3.8) is 0 Å². The van der Waals surface area contributed by atoms with Crippen molar-refractivity contribution in [3.05, 3.63) is 87.4 Å². The lowest BCUT2D eigenvalue weighted by atomic mass is 10.1. The van der Waals surface area contributed by atoms with Gasteiger partial charge in [0, 0.05) is 37.6 Å². The number of benzene rings is 2. The van der Waals surface area contributed by atoms with Crippen molar-refractivity contribution in [2.45, 2.75) is 39.6 Å². The summed E-state index contributed by atoms with van der Waals surface area (Å²) in [6.45, 7) is 8.59. The first kappa shape index (κ1) is 24.1. The van der Waals surface area contributed by atoms with Crippen LogP contribution in [0, 0.1) is 6.92 Å². The number of amides is 1. The lowest BCUT2D eigenvalue weighted by Gasteiger charge is -2.31. The van der Waals surface area contributed by atoms with Crippen LogP contribution in [0.2, 0.25) is 0 Å². The van der Waals surface area contributed by atoms with Crippen LogP contribution in [-0.4, -0.2) is 41.6 Å². The molecule has 1 unspecified atom stereocenters. The van der Waals surface area contributed by atoms with Gasteiger partial charge >= 0.3 is 0 Å². The number of hydrogen-bond acceptors (Lipinski definition) is 6. The van der Waals surface area contributed by atoms with Gasteiger partial charge in [-0.25, -0.2) is 4.98 Å². The number of nitrogens with zero attached hydrogens (tertiary/aromatic N) is 2. The van der Waals surface area contributed by atoms with Gasteiger partial charge < -0.3 is 14.8 Å². The zero-order valence-corrected chi connectivity index (χ0v) is 20.5. The third-order valence-electron chi connectivity index (χ3n) is 5.53. The second-order valence-corrected chi connectivity index (χ2v) is 9.57. The molecule has 3 aromatic rings. The highest BCUT2D eigenvalue weighted by Gasteiger charge is 2.16. The van der Waals surface area contributed by atoms with Crippen molar-refractivity contribution < 1.29 is 14.3 Å². The molecular formula is C27H31N3O3S. The number of carbonyl (C=O) groups is 1. The minimum absolute atomic E-state index is 0.128. The van der Waals surface area contributed by atoms with Crippen molar-refractivity contribution in [1.29, 1.82) is 0 Å². The van der Waals surface area contributed by atoms with Gasteiger partial charge in [-0.05, 0) is 48.7 Å². The van der Waals surface area contributed by atoms with E-state index in [4.69, 9.17) is 9.47 Å². The summed E-state index contributed by atoms with van der Waals surface area (Å²) in [6, 6.07) is 16.1. The van der Waals surface area contributed by atoms with E-state index in [1.54, 1.807) is 23.5 Å². The first-order valence-corrected chi connectivity index (χ1v) is 12.4. The Morgan fingerprint density at radius 1 is 1.26 bits per heavy atom. The summed E-state index contributed by atoms with van der Waals surface area (Å²) in [5, 5.41) is 6.00. The molecule has 1 atom stereocenters. The molecule has 7 heteroatoms. The number of hydrogen-bond donors (Lipinski definition) is 1. The molecule has 0 bridgehead atoms. The third-order valence-corrected chi connectivity index (χ3v) is 6.35. The van der Waals surface area contributed by atoms with Crippen LogP contribution in [0.1, 0.15) is 34.3 Å². The fourth-order valence-electron chi connectivity index (χ4n) is 3.89. The molecule has 1 aliphatic rings. The van der Waals surface area contributed by atoms with E-state index in [1.165, 1.54) is 5.56 Å². The average Bonchev–Trinajstić information content (AvgIpc) is 3.26. The van der Waals surface area contributed by atoms with Crippen LogP contribution in [0.25, 0.3) is 6.08 Å². The summed E-state index contributed by atoms with van der Waals surface area (Å²) < 4.78 is 11.5.